The Hall–Kier alpha value is -2.62. The summed E-state index contributed by atoms with van der Waals surface area (Å²) in [7, 11) is -3.51. The molecule has 0 spiro atoms. The molecule has 0 amide bonds. The van der Waals surface area contributed by atoms with Crippen LogP contribution < -0.4 is 15.8 Å². The maximum atomic E-state index is 13.5. The number of aromatic nitrogens is 4. The van der Waals surface area contributed by atoms with Crippen LogP contribution in [0.2, 0.25) is 0 Å². The summed E-state index contributed by atoms with van der Waals surface area (Å²) in [6.45, 7) is -0.169. The summed E-state index contributed by atoms with van der Waals surface area (Å²) in [5.74, 6) is -1.46. The van der Waals surface area contributed by atoms with Crippen LogP contribution in [0.1, 0.15) is 6.42 Å². The number of anilines is 1. The van der Waals surface area contributed by atoms with Crippen LogP contribution in [0, 0.1) is 5.82 Å². The number of nitrogens with one attached hydrogen (secondary N) is 2. The van der Waals surface area contributed by atoms with Gasteiger partial charge in [-0.3, -0.25) is 4.52 Å². The highest BCUT2D eigenvalue weighted by Gasteiger charge is 2.23. The Morgan fingerprint density at radius 2 is 2.03 bits per heavy atom. The second-order valence-electron chi connectivity index (χ2n) is 5.88. The SMILES string of the molecule is O=c1onc(-c2nonc2NCCCS(=O)(=O)NCCO)n1-c1ccc(F)c(Br)c1. The van der Waals surface area contributed by atoms with Crippen molar-refractivity contribution in [2.75, 3.05) is 30.8 Å². The van der Waals surface area contributed by atoms with Crippen LogP contribution in [0.3, 0.4) is 0 Å². The minimum Gasteiger partial charge on any atom is -0.395 e. The van der Waals surface area contributed by atoms with Crippen molar-refractivity contribution in [3.63, 3.8) is 0 Å². The van der Waals surface area contributed by atoms with Gasteiger partial charge >= 0.3 is 5.76 Å². The van der Waals surface area contributed by atoms with Gasteiger partial charge in [0.25, 0.3) is 0 Å². The fourth-order valence-electron chi connectivity index (χ4n) is 2.44. The van der Waals surface area contributed by atoms with Crippen LogP contribution in [0.25, 0.3) is 17.2 Å². The fourth-order valence-corrected chi connectivity index (χ4v) is 3.88. The normalized spacial score (nSPS) is 11.7. The fraction of sp³-hybridized carbons (Fsp3) is 0.333. The topological polar surface area (TPSA) is 165 Å². The summed E-state index contributed by atoms with van der Waals surface area (Å²) in [6.07, 6.45) is 0.212. The molecule has 0 radical (unpaired) electrons. The van der Waals surface area contributed by atoms with E-state index in [1.54, 1.807) is 0 Å². The molecule has 0 fully saturated rings. The largest absolute Gasteiger partial charge is 0.446 e. The first-order chi connectivity index (χ1) is 14.3. The average molecular weight is 507 g/mol. The molecule has 0 bridgehead atoms. The number of hydrogen-bond acceptors (Lipinski definition) is 10. The number of rotatable bonds is 10. The minimum absolute atomic E-state index is 0.0421. The quantitative estimate of drug-likeness (QED) is 0.329. The van der Waals surface area contributed by atoms with Crippen molar-refractivity contribution in [2.45, 2.75) is 6.42 Å². The first-order valence-corrected chi connectivity index (χ1v) is 11.0. The molecule has 162 valence electrons. The Labute approximate surface area is 177 Å². The van der Waals surface area contributed by atoms with E-state index in [-0.39, 0.29) is 59.4 Å². The van der Waals surface area contributed by atoms with Crippen LogP contribution in [0.5, 0.6) is 0 Å². The molecule has 0 atom stereocenters. The summed E-state index contributed by atoms with van der Waals surface area (Å²) >= 11 is 3.05. The number of aliphatic hydroxyl groups excluding tert-OH is 1. The molecule has 3 rings (SSSR count). The van der Waals surface area contributed by atoms with Crippen molar-refractivity contribution < 1.29 is 27.1 Å². The maximum absolute atomic E-state index is 13.5. The predicted octanol–water partition coefficient (Wildman–Crippen LogP) is 0.491. The van der Waals surface area contributed by atoms with E-state index in [0.717, 1.165) is 10.6 Å². The van der Waals surface area contributed by atoms with Crippen molar-refractivity contribution in [1.82, 2.24) is 24.8 Å². The van der Waals surface area contributed by atoms with Crippen molar-refractivity contribution in [1.29, 1.82) is 0 Å². The molecule has 30 heavy (non-hydrogen) atoms. The number of halogens is 2. The molecular formula is C15H16BrFN6O6S. The molecule has 0 aliphatic rings. The smallest absolute Gasteiger partial charge is 0.395 e. The van der Waals surface area contributed by atoms with Gasteiger partial charge in [0.2, 0.25) is 21.7 Å². The van der Waals surface area contributed by atoms with Crippen LogP contribution in [0.4, 0.5) is 10.2 Å². The van der Waals surface area contributed by atoms with Crippen LogP contribution in [-0.4, -0.2) is 59.0 Å². The third kappa shape index (κ3) is 5.10. The maximum Gasteiger partial charge on any atom is 0.446 e. The lowest BCUT2D eigenvalue weighted by Crippen LogP contribution is -2.29. The molecule has 0 saturated carbocycles. The molecule has 2 aromatic heterocycles. The van der Waals surface area contributed by atoms with E-state index in [4.69, 9.17) is 14.3 Å². The number of aliphatic hydroxyl groups is 1. The highest BCUT2D eigenvalue weighted by Crippen LogP contribution is 2.26. The van der Waals surface area contributed by atoms with Crippen molar-refractivity contribution in [3.05, 3.63) is 39.0 Å². The highest BCUT2D eigenvalue weighted by molar-refractivity contribution is 9.10. The lowest BCUT2D eigenvalue weighted by Gasteiger charge is -2.07. The monoisotopic (exact) mass is 506 g/mol. The Balaban J connectivity index is 1.76. The van der Waals surface area contributed by atoms with Gasteiger partial charge in [-0.15, -0.1) is 0 Å². The van der Waals surface area contributed by atoms with E-state index >= 15 is 0 Å². The summed E-state index contributed by atoms with van der Waals surface area (Å²) in [6, 6.07) is 3.88. The average Bonchev–Trinajstić information content (AvgIpc) is 3.32. The summed E-state index contributed by atoms with van der Waals surface area (Å²) in [5.41, 5.74) is 0.307. The van der Waals surface area contributed by atoms with E-state index in [0.29, 0.717) is 0 Å². The molecule has 12 nitrogen and oxygen atoms in total. The summed E-state index contributed by atoms with van der Waals surface area (Å²) < 4.78 is 49.8. The molecule has 0 aliphatic carbocycles. The molecule has 3 N–H and O–H groups in total. The Morgan fingerprint density at radius 3 is 2.77 bits per heavy atom. The van der Waals surface area contributed by atoms with Crippen molar-refractivity contribution in [2.24, 2.45) is 0 Å². The van der Waals surface area contributed by atoms with Gasteiger partial charge in [-0.25, -0.2) is 31.5 Å². The highest BCUT2D eigenvalue weighted by atomic mass is 79.9. The van der Waals surface area contributed by atoms with Crippen molar-refractivity contribution >= 4 is 31.8 Å². The number of hydrogen-bond donors (Lipinski definition) is 3. The zero-order chi connectivity index (χ0) is 21.7. The first kappa shape index (κ1) is 22.1. The molecule has 0 aliphatic heterocycles. The van der Waals surface area contributed by atoms with Gasteiger partial charge in [0.15, 0.2) is 5.69 Å². The zero-order valence-corrected chi connectivity index (χ0v) is 17.6. The predicted molar refractivity (Wildman–Crippen MR) is 105 cm³/mol. The molecule has 0 unspecified atom stereocenters. The van der Waals surface area contributed by atoms with Gasteiger partial charge in [-0.05, 0) is 50.9 Å². The van der Waals surface area contributed by atoms with E-state index in [9.17, 15) is 17.6 Å². The van der Waals surface area contributed by atoms with Gasteiger partial charge in [0.1, 0.15) is 5.82 Å². The summed E-state index contributed by atoms with van der Waals surface area (Å²) in [5, 5.41) is 22.6. The molecular weight excluding hydrogens is 491 g/mol. The molecule has 1 aromatic carbocycles. The van der Waals surface area contributed by atoms with E-state index in [2.05, 4.69) is 41.4 Å². The lowest BCUT2D eigenvalue weighted by atomic mass is 10.3. The first-order valence-electron chi connectivity index (χ1n) is 8.51. The molecule has 0 saturated heterocycles. The van der Waals surface area contributed by atoms with Crippen molar-refractivity contribution in [3.8, 4) is 17.2 Å². The van der Waals surface area contributed by atoms with Crippen LogP contribution in [-0.2, 0) is 10.0 Å². The van der Waals surface area contributed by atoms with Gasteiger partial charge < -0.3 is 10.4 Å². The number of nitrogens with zero attached hydrogens (tertiary/aromatic N) is 4. The third-order valence-electron chi connectivity index (χ3n) is 3.78. The third-order valence-corrected chi connectivity index (χ3v) is 5.86. The number of sulfonamides is 1. The van der Waals surface area contributed by atoms with E-state index in [1.807, 2.05) is 0 Å². The second-order valence-corrected chi connectivity index (χ2v) is 8.67. The second kappa shape index (κ2) is 9.46. The van der Waals surface area contributed by atoms with Crippen LogP contribution in [0.15, 0.2) is 36.6 Å². The standard InChI is InChI=1S/C15H16BrFN6O6S/c16-10-8-9(2-3-11(10)17)23-14(22-28-15(23)25)12-13(21-29-20-12)18-4-1-7-30(26,27)19-5-6-24/h2-3,8,19,24H,1,4-7H2,(H,18,21). The van der Waals surface area contributed by atoms with E-state index < -0.39 is 21.6 Å². The Kier molecular flexibility index (Phi) is 6.96. The Bertz CT molecular complexity index is 1180. The minimum atomic E-state index is -3.51. The Morgan fingerprint density at radius 1 is 1.23 bits per heavy atom. The summed E-state index contributed by atoms with van der Waals surface area (Å²) in [4.78, 5) is 12.1. The molecule has 15 heteroatoms. The van der Waals surface area contributed by atoms with Gasteiger partial charge in [0, 0.05) is 13.1 Å². The molecule has 3 aromatic rings. The van der Waals surface area contributed by atoms with Gasteiger partial charge in [-0.2, -0.15) is 0 Å². The zero-order valence-electron chi connectivity index (χ0n) is 15.2. The van der Waals surface area contributed by atoms with E-state index in [1.165, 1.54) is 12.1 Å². The van der Waals surface area contributed by atoms with Crippen LogP contribution >= 0.6 is 15.9 Å². The van der Waals surface area contributed by atoms with Gasteiger partial charge in [-0.1, -0.05) is 5.16 Å². The lowest BCUT2D eigenvalue weighted by molar-refractivity contribution is 0.301. The van der Waals surface area contributed by atoms with Gasteiger partial charge in [0.05, 0.1) is 22.5 Å². The molecule has 2 heterocycles. The number of benzene rings is 1.